The van der Waals surface area contributed by atoms with E-state index in [9.17, 15) is 13.5 Å². The van der Waals surface area contributed by atoms with Crippen molar-refractivity contribution in [2.75, 3.05) is 6.26 Å². The zero-order valence-electron chi connectivity index (χ0n) is 15.4. The van der Waals surface area contributed by atoms with Crippen LogP contribution in [0.25, 0.3) is 28.2 Å². The molecule has 0 fully saturated rings. The van der Waals surface area contributed by atoms with Gasteiger partial charge < -0.3 is 5.11 Å². The van der Waals surface area contributed by atoms with Gasteiger partial charge in [-0.05, 0) is 54.6 Å². The highest BCUT2D eigenvalue weighted by molar-refractivity contribution is 7.90. The molecule has 0 unspecified atom stereocenters. The molecule has 1 heterocycles. The first-order valence-electron chi connectivity index (χ1n) is 8.77. The van der Waals surface area contributed by atoms with Crippen LogP contribution in [0.15, 0.2) is 83.8 Å². The third kappa shape index (κ3) is 4.04. The van der Waals surface area contributed by atoms with Crippen molar-refractivity contribution in [1.82, 2.24) is 9.78 Å². The van der Waals surface area contributed by atoms with E-state index in [4.69, 9.17) is 16.7 Å². The lowest BCUT2D eigenvalue weighted by Crippen LogP contribution is -2.01. The third-order valence-electron chi connectivity index (χ3n) is 4.50. The van der Waals surface area contributed by atoms with E-state index in [0.29, 0.717) is 16.4 Å². The van der Waals surface area contributed by atoms with E-state index >= 15 is 0 Å². The molecule has 0 spiro atoms. The summed E-state index contributed by atoms with van der Waals surface area (Å²) in [5, 5.41) is 15.2. The molecule has 0 aliphatic carbocycles. The summed E-state index contributed by atoms with van der Waals surface area (Å²) in [6.07, 6.45) is 1.18. The molecule has 0 saturated heterocycles. The molecular weight excluding hydrogens is 408 g/mol. The maximum atomic E-state index is 11.8. The summed E-state index contributed by atoms with van der Waals surface area (Å²) in [5.41, 5.74) is 3.88. The molecule has 29 heavy (non-hydrogen) atoms. The molecule has 1 aromatic heterocycles. The first-order valence-corrected chi connectivity index (χ1v) is 11.0. The molecule has 0 aliphatic rings. The van der Waals surface area contributed by atoms with Crippen molar-refractivity contribution < 1.29 is 13.5 Å². The predicted octanol–water partition coefficient (Wildman–Crippen LogP) is 4.97. The number of aromatic nitrogens is 2. The first kappa shape index (κ1) is 19.2. The second-order valence-corrected chi connectivity index (χ2v) is 9.10. The Morgan fingerprint density at radius 2 is 1.59 bits per heavy atom. The zero-order valence-corrected chi connectivity index (χ0v) is 17.0. The molecule has 0 radical (unpaired) electrons. The Kier molecular flexibility index (Phi) is 4.90. The van der Waals surface area contributed by atoms with Gasteiger partial charge in [-0.2, -0.15) is 5.10 Å². The molecule has 4 rings (SSSR count). The highest BCUT2D eigenvalue weighted by Gasteiger charge is 2.15. The van der Waals surface area contributed by atoms with Crippen LogP contribution in [0.4, 0.5) is 0 Å². The molecule has 7 heteroatoms. The van der Waals surface area contributed by atoms with E-state index in [1.54, 1.807) is 59.3 Å². The SMILES string of the molecule is CS(=O)(=O)c1ccc(-n2nc(-c3cccc(O)c3)cc2-c2ccc(Cl)cc2)cc1. The van der Waals surface area contributed by atoms with Crippen molar-refractivity contribution in [2.24, 2.45) is 0 Å². The lowest BCUT2D eigenvalue weighted by molar-refractivity contribution is 0.475. The second-order valence-electron chi connectivity index (χ2n) is 6.65. The van der Waals surface area contributed by atoms with Gasteiger partial charge in [0.2, 0.25) is 0 Å². The van der Waals surface area contributed by atoms with E-state index in [2.05, 4.69) is 0 Å². The molecule has 0 saturated carbocycles. The number of phenols is 1. The maximum Gasteiger partial charge on any atom is 0.175 e. The van der Waals surface area contributed by atoms with Gasteiger partial charge in [0.25, 0.3) is 0 Å². The molecule has 1 N–H and O–H groups in total. The fourth-order valence-corrected chi connectivity index (χ4v) is 3.80. The highest BCUT2D eigenvalue weighted by Crippen LogP contribution is 2.31. The third-order valence-corrected chi connectivity index (χ3v) is 5.88. The maximum absolute atomic E-state index is 11.8. The number of benzene rings is 3. The molecule has 0 atom stereocenters. The molecule has 3 aromatic carbocycles. The fraction of sp³-hybridized carbons (Fsp3) is 0.0455. The van der Waals surface area contributed by atoms with Crippen molar-refractivity contribution in [1.29, 1.82) is 0 Å². The minimum Gasteiger partial charge on any atom is -0.508 e. The molecule has 5 nitrogen and oxygen atoms in total. The number of hydrogen-bond donors (Lipinski definition) is 1. The lowest BCUT2D eigenvalue weighted by Gasteiger charge is -2.08. The predicted molar refractivity (Wildman–Crippen MR) is 114 cm³/mol. The number of phenolic OH excluding ortho intramolecular Hbond substituents is 1. The number of halogens is 1. The Morgan fingerprint density at radius 1 is 0.897 bits per heavy atom. The number of sulfone groups is 1. The quantitative estimate of drug-likeness (QED) is 0.502. The second kappa shape index (κ2) is 7.39. The number of hydrogen-bond acceptors (Lipinski definition) is 4. The lowest BCUT2D eigenvalue weighted by atomic mass is 10.1. The van der Waals surface area contributed by atoms with Crippen molar-refractivity contribution in [3.8, 4) is 34.0 Å². The summed E-state index contributed by atoms with van der Waals surface area (Å²) in [4.78, 5) is 0.245. The average Bonchev–Trinajstić information content (AvgIpc) is 3.13. The van der Waals surface area contributed by atoms with Crippen LogP contribution >= 0.6 is 11.6 Å². The molecule has 0 aliphatic heterocycles. The van der Waals surface area contributed by atoms with Gasteiger partial charge in [0.05, 0.1) is 22.0 Å². The number of nitrogens with zero attached hydrogens (tertiary/aromatic N) is 2. The van der Waals surface area contributed by atoms with Gasteiger partial charge in [-0.1, -0.05) is 35.9 Å². The van der Waals surface area contributed by atoms with Crippen LogP contribution < -0.4 is 0 Å². The largest absolute Gasteiger partial charge is 0.508 e. The number of aromatic hydroxyl groups is 1. The molecular formula is C22H17ClN2O3S. The minimum atomic E-state index is -3.28. The monoisotopic (exact) mass is 424 g/mol. The Bertz CT molecular complexity index is 1280. The standard InChI is InChI=1S/C22H17ClN2O3S/c1-29(27,28)20-11-9-18(10-12-20)25-22(15-5-7-17(23)8-6-15)14-21(24-25)16-3-2-4-19(26)13-16/h2-14,26H,1H3. The summed E-state index contributed by atoms with van der Waals surface area (Å²) < 4.78 is 25.3. The van der Waals surface area contributed by atoms with Crippen molar-refractivity contribution >= 4 is 21.4 Å². The smallest absolute Gasteiger partial charge is 0.175 e. The van der Waals surface area contributed by atoms with Gasteiger partial charge in [0.1, 0.15) is 5.75 Å². The fourth-order valence-electron chi connectivity index (χ4n) is 3.05. The number of rotatable bonds is 4. The van der Waals surface area contributed by atoms with E-state index in [1.807, 2.05) is 24.3 Å². The van der Waals surface area contributed by atoms with Gasteiger partial charge in [-0.15, -0.1) is 0 Å². The van der Waals surface area contributed by atoms with Crippen molar-refractivity contribution in [2.45, 2.75) is 4.90 Å². The van der Waals surface area contributed by atoms with Crippen molar-refractivity contribution in [3.63, 3.8) is 0 Å². The van der Waals surface area contributed by atoms with E-state index in [1.165, 1.54) is 6.26 Å². The molecule has 146 valence electrons. The van der Waals surface area contributed by atoms with E-state index in [0.717, 1.165) is 16.8 Å². The van der Waals surface area contributed by atoms with E-state index < -0.39 is 9.84 Å². The summed E-state index contributed by atoms with van der Waals surface area (Å²) >= 11 is 6.03. The van der Waals surface area contributed by atoms with Crippen LogP contribution in [0.2, 0.25) is 5.02 Å². The van der Waals surface area contributed by atoms with Gasteiger partial charge in [-0.25, -0.2) is 13.1 Å². The average molecular weight is 425 g/mol. The van der Waals surface area contributed by atoms with E-state index in [-0.39, 0.29) is 10.6 Å². The molecule has 0 amide bonds. The molecule has 0 bridgehead atoms. The zero-order chi connectivity index (χ0) is 20.6. The topological polar surface area (TPSA) is 72.2 Å². The van der Waals surface area contributed by atoms with Gasteiger partial charge in [0, 0.05) is 22.4 Å². The van der Waals surface area contributed by atoms with Crippen LogP contribution in [0.3, 0.4) is 0 Å². The van der Waals surface area contributed by atoms with Crippen molar-refractivity contribution in [3.05, 3.63) is 83.9 Å². The summed E-state index contributed by atoms with van der Waals surface area (Å²) in [5.74, 6) is 0.155. The summed E-state index contributed by atoms with van der Waals surface area (Å²) in [7, 11) is -3.28. The Labute approximate surface area is 173 Å². The Morgan fingerprint density at radius 3 is 2.21 bits per heavy atom. The van der Waals surface area contributed by atoms with Crippen LogP contribution in [-0.2, 0) is 9.84 Å². The Hall–Kier alpha value is -3.09. The van der Waals surface area contributed by atoms with Gasteiger partial charge in [-0.3, -0.25) is 0 Å². The minimum absolute atomic E-state index is 0.155. The highest BCUT2D eigenvalue weighted by atomic mass is 35.5. The summed E-state index contributed by atoms with van der Waals surface area (Å²) in [6.45, 7) is 0. The van der Waals surface area contributed by atoms with Crippen LogP contribution in [0.1, 0.15) is 0 Å². The Balaban J connectivity index is 1.88. The first-order chi connectivity index (χ1) is 13.8. The van der Waals surface area contributed by atoms with Crippen LogP contribution in [0.5, 0.6) is 5.75 Å². The van der Waals surface area contributed by atoms with Gasteiger partial charge in [0.15, 0.2) is 9.84 Å². The van der Waals surface area contributed by atoms with Crippen LogP contribution in [0, 0.1) is 0 Å². The summed E-state index contributed by atoms with van der Waals surface area (Å²) in [6, 6.07) is 22.7. The van der Waals surface area contributed by atoms with Gasteiger partial charge >= 0.3 is 0 Å². The van der Waals surface area contributed by atoms with Crippen LogP contribution in [-0.4, -0.2) is 29.6 Å². The normalized spacial score (nSPS) is 11.5. The molecule has 4 aromatic rings.